The molecule has 0 fully saturated rings. The largest absolute Gasteiger partial charge is 0.488 e. The molecule has 0 heterocycles. The van der Waals surface area contributed by atoms with Crippen LogP contribution in [0.5, 0.6) is 5.75 Å². The number of ether oxygens (including phenoxy) is 1. The van der Waals surface area contributed by atoms with Crippen molar-refractivity contribution in [2.24, 2.45) is 0 Å². The number of benzene rings is 2. The molecule has 0 atom stereocenters. The molecule has 0 saturated carbocycles. The lowest BCUT2D eigenvalue weighted by Gasteiger charge is -2.11. The lowest BCUT2D eigenvalue weighted by molar-refractivity contribution is 0.296. The van der Waals surface area contributed by atoms with E-state index in [2.05, 4.69) is 5.32 Å². The second kappa shape index (κ2) is 6.48. The molecule has 0 saturated heterocycles. The van der Waals surface area contributed by atoms with Crippen LogP contribution in [-0.4, -0.2) is 7.05 Å². The Morgan fingerprint density at radius 2 is 1.90 bits per heavy atom. The van der Waals surface area contributed by atoms with Gasteiger partial charge in [-0.05, 0) is 43.3 Å². The van der Waals surface area contributed by atoms with E-state index in [0.717, 1.165) is 11.1 Å². The summed E-state index contributed by atoms with van der Waals surface area (Å²) in [7, 11) is 1.83. The summed E-state index contributed by atoms with van der Waals surface area (Å²) in [5.41, 5.74) is 2.25. The van der Waals surface area contributed by atoms with E-state index in [1.165, 1.54) is 18.2 Å². The summed E-state index contributed by atoms with van der Waals surface area (Å²) in [5.74, 6) is -0.252. The topological polar surface area (TPSA) is 21.3 Å². The van der Waals surface area contributed by atoms with Gasteiger partial charge in [-0.1, -0.05) is 12.1 Å². The molecule has 0 aliphatic heterocycles. The molecular formula is C16H17F2NO. The van der Waals surface area contributed by atoms with Crippen LogP contribution in [0.4, 0.5) is 8.78 Å². The van der Waals surface area contributed by atoms with Gasteiger partial charge in [-0.15, -0.1) is 0 Å². The van der Waals surface area contributed by atoms with Gasteiger partial charge in [0.2, 0.25) is 0 Å². The summed E-state index contributed by atoms with van der Waals surface area (Å²) < 4.78 is 32.4. The number of hydrogen-bond donors (Lipinski definition) is 1. The fourth-order valence-corrected chi connectivity index (χ4v) is 1.94. The molecule has 0 aromatic heterocycles. The lowest BCUT2D eigenvalue weighted by atomic mass is 10.1. The van der Waals surface area contributed by atoms with Gasteiger partial charge in [0.25, 0.3) is 0 Å². The van der Waals surface area contributed by atoms with Crippen molar-refractivity contribution in [2.75, 3.05) is 7.05 Å². The third kappa shape index (κ3) is 3.54. The van der Waals surface area contributed by atoms with E-state index in [1.54, 1.807) is 18.2 Å². The van der Waals surface area contributed by atoms with Crippen molar-refractivity contribution < 1.29 is 13.5 Å². The quantitative estimate of drug-likeness (QED) is 0.902. The average Bonchev–Trinajstić information content (AvgIpc) is 2.43. The Labute approximate surface area is 117 Å². The van der Waals surface area contributed by atoms with Gasteiger partial charge in [-0.25, -0.2) is 8.78 Å². The molecule has 2 nitrogen and oxygen atoms in total. The maximum atomic E-state index is 13.7. The highest BCUT2D eigenvalue weighted by Gasteiger charge is 2.07. The maximum absolute atomic E-state index is 13.7. The molecule has 4 heteroatoms. The summed E-state index contributed by atoms with van der Waals surface area (Å²) in [6, 6.07) is 9.21. The van der Waals surface area contributed by atoms with Crippen LogP contribution in [0.2, 0.25) is 0 Å². The van der Waals surface area contributed by atoms with Crippen LogP contribution in [0.3, 0.4) is 0 Å². The third-order valence-corrected chi connectivity index (χ3v) is 3.02. The van der Waals surface area contributed by atoms with Gasteiger partial charge in [-0.2, -0.15) is 0 Å². The Kier molecular flexibility index (Phi) is 4.69. The zero-order valence-corrected chi connectivity index (χ0v) is 11.5. The summed E-state index contributed by atoms with van der Waals surface area (Å²) in [6.07, 6.45) is 0. The van der Waals surface area contributed by atoms with Crippen molar-refractivity contribution in [2.45, 2.75) is 20.1 Å². The summed E-state index contributed by atoms with van der Waals surface area (Å²) >= 11 is 0. The minimum absolute atomic E-state index is 0.0771. The summed E-state index contributed by atoms with van der Waals surface area (Å²) in [6.45, 7) is 2.56. The van der Waals surface area contributed by atoms with E-state index in [0.29, 0.717) is 17.9 Å². The van der Waals surface area contributed by atoms with Crippen LogP contribution >= 0.6 is 0 Å². The van der Waals surface area contributed by atoms with Crippen molar-refractivity contribution in [3.8, 4) is 5.75 Å². The first-order valence-electron chi connectivity index (χ1n) is 6.41. The monoisotopic (exact) mass is 277 g/mol. The maximum Gasteiger partial charge on any atom is 0.129 e. The fraction of sp³-hybridized carbons (Fsp3) is 0.250. The minimum Gasteiger partial charge on any atom is -0.488 e. The molecule has 2 aromatic carbocycles. The molecule has 1 N–H and O–H groups in total. The van der Waals surface area contributed by atoms with Gasteiger partial charge in [0.1, 0.15) is 24.0 Å². The minimum atomic E-state index is -0.366. The first-order chi connectivity index (χ1) is 9.60. The van der Waals surface area contributed by atoms with Gasteiger partial charge in [0.05, 0.1) is 0 Å². The summed E-state index contributed by atoms with van der Waals surface area (Å²) in [5, 5.41) is 3.01. The molecule has 0 aliphatic rings. The average molecular weight is 277 g/mol. The van der Waals surface area contributed by atoms with Crippen molar-refractivity contribution in [1.29, 1.82) is 0 Å². The van der Waals surface area contributed by atoms with Crippen molar-refractivity contribution in [1.82, 2.24) is 5.32 Å². The molecule has 0 aliphatic carbocycles. The van der Waals surface area contributed by atoms with E-state index in [9.17, 15) is 8.78 Å². The summed E-state index contributed by atoms with van der Waals surface area (Å²) in [4.78, 5) is 0. The molecule has 0 bridgehead atoms. The van der Waals surface area contributed by atoms with Crippen LogP contribution in [0, 0.1) is 18.6 Å². The highest BCUT2D eigenvalue weighted by molar-refractivity contribution is 5.33. The molecule has 106 valence electrons. The highest BCUT2D eigenvalue weighted by Crippen LogP contribution is 2.21. The van der Waals surface area contributed by atoms with Gasteiger partial charge in [-0.3, -0.25) is 0 Å². The zero-order chi connectivity index (χ0) is 14.5. The number of aryl methyl sites for hydroxylation is 1. The molecule has 2 rings (SSSR count). The Morgan fingerprint density at radius 1 is 1.10 bits per heavy atom. The normalized spacial score (nSPS) is 10.6. The number of rotatable bonds is 5. The van der Waals surface area contributed by atoms with E-state index < -0.39 is 0 Å². The van der Waals surface area contributed by atoms with Gasteiger partial charge in [0, 0.05) is 18.2 Å². The van der Waals surface area contributed by atoms with Crippen LogP contribution in [0.15, 0.2) is 36.4 Å². The van der Waals surface area contributed by atoms with E-state index >= 15 is 0 Å². The Balaban J connectivity index is 2.13. The highest BCUT2D eigenvalue weighted by atomic mass is 19.1. The predicted molar refractivity (Wildman–Crippen MR) is 74.6 cm³/mol. The van der Waals surface area contributed by atoms with Gasteiger partial charge < -0.3 is 10.1 Å². The fourth-order valence-electron chi connectivity index (χ4n) is 1.94. The van der Waals surface area contributed by atoms with Crippen molar-refractivity contribution in [3.05, 3.63) is 64.7 Å². The number of hydrogen-bond acceptors (Lipinski definition) is 2. The van der Waals surface area contributed by atoms with Crippen LogP contribution in [-0.2, 0) is 13.2 Å². The first kappa shape index (κ1) is 14.5. The Morgan fingerprint density at radius 3 is 2.65 bits per heavy atom. The Bertz CT molecular complexity index is 599. The van der Waals surface area contributed by atoms with Crippen LogP contribution < -0.4 is 10.1 Å². The van der Waals surface area contributed by atoms with E-state index in [4.69, 9.17) is 4.74 Å². The second-order valence-electron chi connectivity index (χ2n) is 4.65. The zero-order valence-electron chi connectivity index (χ0n) is 11.5. The van der Waals surface area contributed by atoms with Gasteiger partial charge in [0.15, 0.2) is 0 Å². The van der Waals surface area contributed by atoms with E-state index in [1.807, 2.05) is 14.0 Å². The second-order valence-corrected chi connectivity index (χ2v) is 4.65. The van der Waals surface area contributed by atoms with Crippen LogP contribution in [0.25, 0.3) is 0 Å². The SMILES string of the molecule is CNCc1ccc(F)c(COc2cc(F)ccc2C)c1. The number of halogens is 2. The Hall–Kier alpha value is -1.94. The predicted octanol–water partition coefficient (Wildman–Crippen LogP) is 3.57. The van der Waals surface area contributed by atoms with E-state index in [-0.39, 0.29) is 18.2 Å². The van der Waals surface area contributed by atoms with Crippen molar-refractivity contribution in [3.63, 3.8) is 0 Å². The first-order valence-corrected chi connectivity index (χ1v) is 6.41. The number of nitrogens with one attached hydrogen (secondary N) is 1. The lowest BCUT2D eigenvalue weighted by Crippen LogP contribution is -2.07. The molecule has 2 aromatic rings. The van der Waals surface area contributed by atoms with Gasteiger partial charge >= 0.3 is 0 Å². The molecular weight excluding hydrogens is 260 g/mol. The smallest absolute Gasteiger partial charge is 0.129 e. The standard InChI is InChI=1S/C16H17F2NO/c1-11-3-5-14(17)8-16(11)20-10-13-7-12(9-19-2)4-6-15(13)18/h3-8,19H,9-10H2,1-2H3. The van der Waals surface area contributed by atoms with Crippen molar-refractivity contribution >= 4 is 0 Å². The van der Waals surface area contributed by atoms with Crippen LogP contribution in [0.1, 0.15) is 16.7 Å². The molecule has 0 unspecified atom stereocenters. The molecule has 20 heavy (non-hydrogen) atoms. The third-order valence-electron chi connectivity index (χ3n) is 3.02. The molecule has 0 radical (unpaired) electrons. The molecule has 0 spiro atoms. The molecule has 0 amide bonds.